The van der Waals surface area contributed by atoms with Gasteiger partial charge in [-0.25, -0.2) is 4.39 Å². The zero-order valence-corrected chi connectivity index (χ0v) is 12.2. The Kier molecular flexibility index (Phi) is 5.72. The van der Waals surface area contributed by atoms with E-state index in [2.05, 4.69) is 4.74 Å². The predicted octanol–water partition coefficient (Wildman–Crippen LogP) is 4.82. The molecule has 0 heterocycles. The highest BCUT2D eigenvalue weighted by Crippen LogP contribution is 2.54. The van der Waals surface area contributed by atoms with Crippen LogP contribution in [0.25, 0.3) is 0 Å². The zero-order chi connectivity index (χ0) is 19.8. The maximum absolute atomic E-state index is 14.3. The first-order valence-electron chi connectivity index (χ1n) is 6.33. The van der Waals surface area contributed by atoms with E-state index < -0.39 is 52.4 Å². The number of aryl methyl sites for hydroxylation is 1. The van der Waals surface area contributed by atoms with Crippen molar-refractivity contribution in [1.29, 1.82) is 0 Å². The van der Waals surface area contributed by atoms with E-state index in [1.807, 2.05) is 0 Å². The van der Waals surface area contributed by atoms with E-state index in [-0.39, 0.29) is 18.6 Å². The number of halogens is 10. The van der Waals surface area contributed by atoms with Gasteiger partial charge in [0.05, 0.1) is 11.0 Å². The average molecular weight is 388 g/mol. The molecule has 1 aromatic carbocycles. The van der Waals surface area contributed by atoms with Crippen LogP contribution >= 0.6 is 0 Å². The largest absolute Gasteiger partial charge is 0.458 e. The highest BCUT2D eigenvalue weighted by atomic mass is 19.4. The van der Waals surface area contributed by atoms with Crippen LogP contribution in [0, 0.1) is 0 Å². The maximum atomic E-state index is 14.3. The molecule has 0 amide bonds. The summed E-state index contributed by atoms with van der Waals surface area (Å²) in [6.07, 6.45) is -7.00. The summed E-state index contributed by atoms with van der Waals surface area (Å²) >= 11 is 0. The van der Waals surface area contributed by atoms with Crippen LogP contribution in [0.4, 0.5) is 49.8 Å². The van der Waals surface area contributed by atoms with Gasteiger partial charge in [-0.2, -0.15) is 30.7 Å². The third-order valence-electron chi connectivity index (χ3n) is 3.21. The molecule has 0 fully saturated rings. The smallest absolute Gasteiger partial charge is 0.433 e. The molecular formula is C12H10F10N2O. The minimum absolute atomic E-state index is 0.160. The number of ether oxygens (including phenoxy) is 1. The highest BCUT2D eigenvalue weighted by molar-refractivity contribution is 5.61. The van der Waals surface area contributed by atoms with Crippen LogP contribution in [0.3, 0.4) is 0 Å². The summed E-state index contributed by atoms with van der Waals surface area (Å²) in [6, 6.07) is 0.0337. The standard InChI is InChI=1S/C12H10F10N2O/c1-2-5-3-6(4-7(8(5)23)25-9(13)14)10(15,24(21)22)11(16,17)12(18,19)20/h3-4,9H,2,23H2,1H3. The molecule has 0 aliphatic heterocycles. The maximum Gasteiger partial charge on any atom is 0.458 e. The van der Waals surface area contributed by atoms with E-state index in [0.29, 0.717) is 0 Å². The van der Waals surface area contributed by atoms with Crippen LogP contribution in [0.5, 0.6) is 5.75 Å². The number of nitrogens with zero attached hydrogens (tertiary/aromatic N) is 1. The third-order valence-corrected chi connectivity index (χ3v) is 3.21. The number of benzene rings is 1. The Morgan fingerprint density at radius 2 is 1.60 bits per heavy atom. The molecule has 0 bridgehead atoms. The molecule has 0 spiro atoms. The number of hydrogen-bond donors (Lipinski definition) is 1. The Bertz CT molecular complexity index is 619. The van der Waals surface area contributed by atoms with Gasteiger partial charge < -0.3 is 10.5 Å². The van der Waals surface area contributed by atoms with Crippen LogP contribution in [0.2, 0.25) is 0 Å². The molecule has 13 heteroatoms. The molecule has 25 heavy (non-hydrogen) atoms. The van der Waals surface area contributed by atoms with E-state index in [1.54, 1.807) is 0 Å². The van der Waals surface area contributed by atoms with Crippen molar-refractivity contribution in [2.24, 2.45) is 0 Å². The quantitative estimate of drug-likeness (QED) is 0.329. The van der Waals surface area contributed by atoms with Gasteiger partial charge in [0.2, 0.25) is 0 Å². The van der Waals surface area contributed by atoms with Gasteiger partial charge in [-0.05, 0) is 24.1 Å². The van der Waals surface area contributed by atoms with Gasteiger partial charge in [-0.3, -0.25) is 0 Å². The molecule has 0 aliphatic carbocycles. The van der Waals surface area contributed by atoms with Gasteiger partial charge in [0, 0.05) is 5.56 Å². The lowest BCUT2D eigenvalue weighted by molar-refractivity contribution is -0.418. The van der Waals surface area contributed by atoms with Crippen molar-refractivity contribution in [2.75, 3.05) is 5.73 Å². The monoisotopic (exact) mass is 388 g/mol. The molecule has 3 nitrogen and oxygen atoms in total. The summed E-state index contributed by atoms with van der Waals surface area (Å²) < 4.78 is 132. The van der Waals surface area contributed by atoms with Crippen molar-refractivity contribution >= 4 is 5.69 Å². The summed E-state index contributed by atoms with van der Waals surface area (Å²) in [6.45, 7) is -2.38. The molecule has 0 saturated carbocycles. The lowest BCUT2D eigenvalue weighted by Gasteiger charge is -2.34. The van der Waals surface area contributed by atoms with E-state index in [9.17, 15) is 44.1 Å². The van der Waals surface area contributed by atoms with Gasteiger partial charge >= 0.3 is 24.5 Å². The Hall–Kier alpha value is -1.92. The van der Waals surface area contributed by atoms with E-state index >= 15 is 0 Å². The summed E-state index contributed by atoms with van der Waals surface area (Å²) in [7, 11) is 0. The molecule has 0 aliphatic rings. The van der Waals surface area contributed by atoms with Crippen LogP contribution in [-0.2, 0) is 12.2 Å². The summed E-state index contributed by atoms with van der Waals surface area (Å²) in [5, 5.41) is -2.99. The summed E-state index contributed by atoms with van der Waals surface area (Å²) in [5.41, 5.74) is 2.28. The fraction of sp³-hybridized carbons (Fsp3) is 0.500. The van der Waals surface area contributed by atoms with Crippen molar-refractivity contribution in [3.8, 4) is 5.75 Å². The molecule has 0 aromatic heterocycles. The van der Waals surface area contributed by atoms with E-state index in [4.69, 9.17) is 5.73 Å². The second-order valence-corrected chi connectivity index (χ2v) is 4.71. The minimum Gasteiger partial charge on any atom is -0.433 e. The second kappa shape index (κ2) is 6.77. The molecular weight excluding hydrogens is 378 g/mol. The van der Waals surface area contributed by atoms with Crippen molar-refractivity contribution in [1.82, 2.24) is 5.34 Å². The van der Waals surface area contributed by atoms with E-state index in [0.717, 1.165) is 0 Å². The molecule has 1 rings (SSSR count). The average Bonchev–Trinajstić information content (AvgIpc) is 2.46. The van der Waals surface area contributed by atoms with Gasteiger partial charge in [0.1, 0.15) is 5.75 Å². The molecule has 2 N–H and O–H groups in total. The lowest BCUT2D eigenvalue weighted by atomic mass is 9.94. The molecule has 0 saturated heterocycles. The van der Waals surface area contributed by atoms with Crippen LogP contribution < -0.4 is 10.5 Å². The first-order chi connectivity index (χ1) is 11.2. The lowest BCUT2D eigenvalue weighted by Crippen LogP contribution is -2.57. The number of rotatable bonds is 6. The summed E-state index contributed by atoms with van der Waals surface area (Å²) in [5.74, 6) is -13.5. The number of alkyl halides is 8. The van der Waals surface area contributed by atoms with Crippen LogP contribution in [0.15, 0.2) is 12.1 Å². The van der Waals surface area contributed by atoms with Crippen LogP contribution in [-0.4, -0.2) is 24.1 Å². The number of hydrogen-bond acceptors (Lipinski definition) is 3. The van der Waals surface area contributed by atoms with Crippen molar-refractivity contribution in [3.63, 3.8) is 0 Å². The first-order valence-corrected chi connectivity index (χ1v) is 6.33. The Balaban J connectivity index is 3.73. The zero-order valence-electron chi connectivity index (χ0n) is 12.2. The fourth-order valence-electron chi connectivity index (χ4n) is 1.93. The first kappa shape index (κ1) is 21.1. The second-order valence-electron chi connectivity index (χ2n) is 4.71. The fourth-order valence-corrected chi connectivity index (χ4v) is 1.93. The van der Waals surface area contributed by atoms with Crippen LogP contribution in [0.1, 0.15) is 18.1 Å². The number of nitrogen functional groups attached to an aromatic ring is 1. The van der Waals surface area contributed by atoms with E-state index in [1.165, 1.54) is 6.92 Å². The normalized spacial score (nSPS) is 15.6. The SMILES string of the molecule is CCc1cc(C(F)(N(F)F)C(F)(F)C(F)(F)F)cc(OC(F)F)c1N. The van der Waals surface area contributed by atoms with Gasteiger partial charge in [-0.15, -0.1) is 0 Å². The van der Waals surface area contributed by atoms with Gasteiger partial charge in [-0.1, -0.05) is 15.9 Å². The molecule has 144 valence electrons. The minimum atomic E-state index is -6.71. The number of anilines is 1. The Morgan fingerprint density at radius 3 is 1.96 bits per heavy atom. The molecule has 1 atom stereocenters. The van der Waals surface area contributed by atoms with Crippen molar-refractivity contribution in [3.05, 3.63) is 23.3 Å². The Labute approximate surface area is 133 Å². The number of nitrogens with two attached hydrogens (primary N) is 1. The summed E-state index contributed by atoms with van der Waals surface area (Å²) in [4.78, 5) is 0. The Morgan fingerprint density at radius 1 is 1.08 bits per heavy atom. The molecule has 1 aromatic rings. The molecule has 0 radical (unpaired) electrons. The van der Waals surface area contributed by atoms with Crippen molar-refractivity contribution < 1.29 is 48.8 Å². The van der Waals surface area contributed by atoms with Gasteiger partial charge in [0.15, 0.2) is 0 Å². The van der Waals surface area contributed by atoms with Crippen molar-refractivity contribution in [2.45, 2.75) is 37.8 Å². The topological polar surface area (TPSA) is 38.5 Å². The highest BCUT2D eigenvalue weighted by Gasteiger charge is 2.76. The molecule has 1 unspecified atom stereocenters. The van der Waals surface area contributed by atoms with Gasteiger partial charge in [0.25, 0.3) is 0 Å². The third kappa shape index (κ3) is 3.55. The predicted molar refractivity (Wildman–Crippen MR) is 64.7 cm³/mol.